The zero-order chi connectivity index (χ0) is 28.1. The maximum Gasteiger partial charge on any atom is 0.333 e. The molecule has 0 bridgehead atoms. The second-order valence-electron chi connectivity index (χ2n) is 8.36. The fraction of sp³-hybridized carbons (Fsp3) is 0.261. The van der Waals surface area contributed by atoms with Crippen LogP contribution >= 0.6 is 0 Å². The number of nitrogens with zero attached hydrogens (tertiary/aromatic N) is 4. The Hall–Kier alpha value is -5.41. The molecule has 6 N–H and O–H groups in total. The number of carboxylic acids is 1. The van der Waals surface area contributed by atoms with E-state index in [1.54, 1.807) is 12.1 Å². The number of anilines is 2. The lowest BCUT2D eigenvalue weighted by Gasteiger charge is -2.16. The molecule has 4 rings (SSSR count). The van der Waals surface area contributed by atoms with Gasteiger partial charge in [-0.05, 0) is 30.7 Å². The normalized spacial score (nSPS) is 13.8. The van der Waals surface area contributed by atoms with Crippen molar-refractivity contribution in [3.8, 4) is 0 Å². The molecule has 3 heterocycles. The average Bonchev–Trinajstić information content (AvgIpc) is 3.22. The van der Waals surface area contributed by atoms with Crippen molar-refractivity contribution in [2.24, 2.45) is 0 Å². The average molecular weight is 538 g/mol. The predicted molar refractivity (Wildman–Crippen MR) is 131 cm³/mol. The molecular formula is C23H22N8O8. The molecule has 0 saturated carbocycles. The summed E-state index contributed by atoms with van der Waals surface area (Å²) in [5.41, 5.74) is 6.32. The lowest BCUT2D eigenvalue weighted by molar-refractivity contribution is -0.197. The maximum absolute atomic E-state index is 12.6. The zero-order valence-corrected chi connectivity index (χ0v) is 20.2. The van der Waals surface area contributed by atoms with Crippen LogP contribution in [0.3, 0.4) is 0 Å². The number of carboxylic acid groups (broad SMARTS) is 1. The van der Waals surface area contributed by atoms with Crippen LogP contribution in [0.2, 0.25) is 0 Å². The third-order valence-corrected chi connectivity index (χ3v) is 5.55. The highest BCUT2D eigenvalue weighted by Crippen LogP contribution is 2.15. The van der Waals surface area contributed by atoms with Crippen LogP contribution in [-0.2, 0) is 30.6 Å². The molecule has 1 saturated heterocycles. The molecule has 3 aromatic rings. The largest absolute Gasteiger partial charge is 0.480 e. The molecule has 0 aliphatic carbocycles. The Bertz CT molecular complexity index is 1500. The summed E-state index contributed by atoms with van der Waals surface area (Å²) in [6, 6.07) is 4.65. The summed E-state index contributed by atoms with van der Waals surface area (Å²) in [4.78, 5) is 90.4. The van der Waals surface area contributed by atoms with E-state index in [9.17, 15) is 33.9 Å². The number of hydroxylamine groups is 2. The van der Waals surface area contributed by atoms with Crippen molar-refractivity contribution in [3.05, 3.63) is 52.1 Å². The van der Waals surface area contributed by atoms with E-state index in [4.69, 9.17) is 10.6 Å². The van der Waals surface area contributed by atoms with Crippen molar-refractivity contribution in [1.82, 2.24) is 30.3 Å². The molecule has 16 nitrogen and oxygen atoms in total. The quantitative estimate of drug-likeness (QED) is 0.204. The molecule has 1 aliphatic rings. The first-order chi connectivity index (χ1) is 18.6. The summed E-state index contributed by atoms with van der Waals surface area (Å²) in [7, 11) is 0. The standard InChI is InChI=1S/C23H22N8O8/c24-23-29-19-18(21(36)30-23)27-13(10-26-19)9-25-12-3-1-11(2-4-12)20(35)28-14(22(37)38)5-8-17(34)39-31-15(32)6-7-16(31)33/h1-4,10,14,25H,5-9H2,(H,28,35)(H,37,38)(H3,24,26,29,30,36)/t14-/m0/s1. The van der Waals surface area contributed by atoms with Crippen LogP contribution < -0.4 is 21.9 Å². The van der Waals surface area contributed by atoms with E-state index >= 15 is 0 Å². The minimum Gasteiger partial charge on any atom is -0.480 e. The number of aromatic amines is 1. The van der Waals surface area contributed by atoms with Crippen molar-refractivity contribution in [1.29, 1.82) is 0 Å². The first-order valence-electron chi connectivity index (χ1n) is 11.6. The summed E-state index contributed by atoms with van der Waals surface area (Å²) in [5, 5.41) is 15.2. The fourth-order valence-electron chi connectivity index (χ4n) is 3.55. The predicted octanol–water partition coefficient (Wildman–Crippen LogP) is -0.522. The molecule has 1 aliphatic heterocycles. The molecule has 1 fully saturated rings. The summed E-state index contributed by atoms with van der Waals surface area (Å²) in [5.74, 6) is -4.43. The highest BCUT2D eigenvalue weighted by molar-refractivity contribution is 6.01. The highest BCUT2D eigenvalue weighted by atomic mass is 16.7. The number of aromatic nitrogens is 4. The second kappa shape index (κ2) is 11.3. The van der Waals surface area contributed by atoms with Gasteiger partial charge in [0.25, 0.3) is 23.3 Å². The third-order valence-electron chi connectivity index (χ3n) is 5.55. The van der Waals surface area contributed by atoms with Crippen LogP contribution in [0.25, 0.3) is 11.2 Å². The first-order valence-corrected chi connectivity index (χ1v) is 11.6. The van der Waals surface area contributed by atoms with Gasteiger partial charge in [0.05, 0.1) is 24.9 Å². The monoisotopic (exact) mass is 538 g/mol. The van der Waals surface area contributed by atoms with Crippen LogP contribution in [0, 0.1) is 0 Å². The Kier molecular flexibility index (Phi) is 7.74. The molecule has 3 amide bonds. The number of nitrogen functional groups attached to an aromatic ring is 1. The number of rotatable bonds is 10. The van der Waals surface area contributed by atoms with Gasteiger partial charge in [0.15, 0.2) is 11.2 Å². The Balaban J connectivity index is 1.30. The number of aliphatic carboxylic acids is 1. The van der Waals surface area contributed by atoms with Gasteiger partial charge in [0.2, 0.25) is 5.95 Å². The van der Waals surface area contributed by atoms with E-state index in [1.807, 2.05) is 0 Å². The van der Waals surface area contributed by atoms with Gasteiger partial charge in [-0.15, -0.1) is 5.06 Å². The lowest BCUT2D eigenvalue weighted by Crippen LogP contribution is -2.41. The number of nitrogens with two attached hydrogens (primary N) is 1. The summed E-state index contributed by atoms with van der Waals surface area (Å²) in [6.45, 7) is 0.199. The van der Waals surface area contributed by atoms with E-state index < -0.39 is 47.7 Å². The van der Waals surface area contributed by atoms with Crippen molar-refractivity contribution >= 4 is 52.5 Å². The van der Waals surface area contributed by atoms with Crippen LogP contribution in [-0.4, -0.2) is 65.8 Å². The highest BCUT2D eigenvalue weighted by Gasteiger charge is 2.33. The molecule has 2 aromatic heterocycles. The molecular weight excluding hydrogens is 516 g/mol. The Morgan fingerprint density at radius 3 is 2.46 bits per heavy atom. The van der Waals surface area contributed by atoms with Gasteiger partial charge < -0.3 is 26.3 Å². The second-order valence-corrected chi connectivity index (χ2v) is 8.36. The van der Waals surface area contributed by atoms with Gasteiger partial charge in [0, 0.05) is 24.1 Å². The fourth-order valence-corrected chi connectivity index (χ4v) is 3.55. The van der Waals surface area contributed by atoms with Gasteiger partial charge in [-0.1, -0.05) is 0 Å². The van der Waals surface area contributed by atoms with E-state index in [0.29, 0.717) is 16.4 Å². The SMILES string of the molecule is Nc1nc2ncc(CNc3ccc(C(=O)N[C@@H](CCC(=O)ON4C(=O)CCC4=O)C(=O)O)cc3)nc2c(=O)[nH]1. The first kappa shape index (κ1) is 26.6. The third kappa shape index (κ3) is 6.48. The number of fused-ring (bicyclic) bond motifs is 1. The van der Waals surface area contributed by atoms with Gasteiger partial charge >= 0.3 is 11.9 Å². The van der Waals surface area contributed by atoms with Crippen molar-refractivity contribution in [3.63, 3.8) is 0 Å². The number of carbonyl (C=O) groups is 5. The van der Waals surface area contributed by atoms with Crippen LogP contribution in [0.1, 0.15) is 41.7 Å². The van der Waals surface area contributed by atoms with Crippen molar-refractivity contribution in [2.75, 3.05) is 11.1 Å². The van der Waals surface area contributed by atoms with Gasteiger partial charge in [-0.3, -0.25) is 24.2 Å². The van der Waals surface area contributed by atoms with Gasteiger partial charge in [0.1, 0.15) is 6.04 Å². The van der Waals surface area contributed by atoms with E-state index in [2.05, 4.69) is 30.6 Å². The van der Waals surface area contributed by atoms with Crippen LogP contribution in [0.15, 0.2) is 35.3 Å². The molecule has 39 heavy (non-hydrogen) atoms. The van der Waals surface area contributed by atoms with Gasteiger partial charge in [-0.2, -0.15) is 4.98 Å². The minimum absolute atomic E-state index is 0.0368. The topological polar surface area (TPSA) is 240 Å². The Morgan fingerprint density at radius 1 is 1.10 bits per heavy atom. The van der Waals surface area contributed by atoms with Crippen LogP contribution in [0.5, 0.6) is 0 Å². The van der Waals surface area contributed by atoms with E-state index in [1.165, 1.54) is 18.3 Å². The van der Waals surface area contributed by atoms with Crippen molar-refractivity contribution < 1.29 is 33.9 Å². The molecule has 202 valence electrons. The lowest BCUT2D eigenvalue weighted by atomic mass is 10.1. The minimum atomic E-state index is -1.42. The number of nitrogens with one attached hydrogen (secondary N) is 3. The molecule has 1 atom stereocenters. The number of hydrogen-bond donors (Lipinski definition) is 5. The van der Waals surface area contributed by atoms with Gasteiger partial charge in [-0.25, -0.2) is 19.6 Å². The number of benzene rings is 1. The number of amides is 3. The number of imide groups is 1. The Labute approximate surface area is 218 Å². The molecule has 0 spiro atoms. The Morgan fingerprint density at radius 2 is 1.79 bits per heavy atom. The number of carbonyl (C=O) groups excluding carboxylic acids is 4. The molecule has 16 heteroatoms. The number of H-pyrrole nitrogens is 1. The summed E-state index contributed by atoms with van der Waals surface area (Å²) >= 11 is 0. The summed E-state index contributed by atoms with van der Waals surface area (Å²) in [6.07, 6.45) is 0.518. The molecule has 0 unspecified atom stereocenters. The smallest absolute Gasteiger partial charge is 0.333 e. The summed E-state index contributed by atoms with van der Waals surface area (Å²) < 4.78 is 0. The number of hydrogen-bond acceptors (Lipinski definition) is 12. The van der Waals surface area contributed by atoms with E-state index in [-0.39, 0.29) is 48.5 Å². The van der Waals surface area contributed by atoms with Crippen LogP contribution in [0.4, 0.5) is 11.6 Å². The molecule has 1 aromatic carbocycles. The maximum atomic E-state index is 12.6. The van der Waals surface area contributed by atoms with Crippen molar-refractivity contribution in [2.45, 2.75) is 38.3 Å². The zero-order valence-electron chi connectivity index (χ0n) is 20.2. The molecule has 0 radical (unpaired) electrons. The van der Waals surface area contributed by atoms with E-state index in [0.717, 1.165) is 0 Å².